The van der Waals surface area contributed by atoms with E-state index in [0.717, 1.165) is 12.1 Å². The molecule has 0 fully saturated rings. The van der Waals surface area contributed by atoms with Crippen molar-refractivity contribution in [2.24, 2.45) is 0 Å². The fourth-order valence-electron chi connectivity index (χ4n) is 1.11. The van der Waals surface area contributed by atoms with Crippen molar-refractivity contribution in [1.82, 2.24) is 0 Å². The molecule has 0 spiro atoms. The molecule has 0 saturated heterocycles. The van der Waals surface area contributed by atoms with Gasteiger partial charge in [-0.15, -0.1) is 0 Å². The molecule has 6 heteroatoms. The van der Waals surface area contributed by atoms with E-state index in [0.29, 0.717) is 0 Å². The van der Waals surface area contributed by atoms with Gasteiger partial charge in [-0.3, -0.25) is 10.1 Å². The molecule has 1 aromatic rings. The molecule has 0 bridgehead atoms. The minimum atomic E-state index is -0.681. The van der Waals surface area contributed by atoms with E-state index in [1.165, 1.54) is 7.11 Å². The molecule has 0 atom stereocenters. The van der Waals surface area contributed by atoms with Gasteiger partial charge in [-0.25, -0.2) is 4.39 Å². The summed E-state index contributed by atoms with van der Waals surface area (Å²) in [4.78, 5) is 9.89. The zero-order valence-corrected chi connectivity index (χ0v) is 7.86. The molecule has 0 aliphatic heterocycles. The lowest BCUT2D eigenvalue weighted by Crippen LogP contribution is -1.98. The molecule has 0 aliphatic carbocycles. The largest absolute Gasteiger partial charge is 0.490 e. The minimum Gasteiger partial charge on any atom is -0.490 e. The Balaban J connectivity index is 3.31. The molecule has 0 radical (unpaired) electrons. The molecule has 0 heterocycles. The first-order valence-corrected chi connectivity index (χ1v) is 3.98. The van der Waals surface area contributed by atoms with E-state index in [4.69, 9.17) is 5.26 Å². The van der Waals surface area contributed by atoms with Gasteiger partial charge in [-0.2, -0.15) is 5.26 Å². The van der Waals surface area contributed by atoms with Crippen molar-refractivity contribution in [3.63, 3.8) is 0 Å². The number of rotatable bonds is 3. The maximum atomic E-state index is 13.2. The molecule has 0 amide bonds. The summed E-state index contributed by atoms with van der Waals surface area (Å²) in [6, 6.07) is 3.64. The minimum absolute atomic E-state index is 0.00926. The van der Waals surface area contributed by atoms with Crippen molar-refractivity contribution in [3.8, 4) is 11.8 Å². The average Bonchev–Trinajstić information content (AvgIpc) is 2.20. The van der Waals surface area contributed by atoms with Gasteiger partial charge in [-0.05, 0) is 0 Å². The van der Waals surface area contributed by atoms with Crippen LogP contribution in [0.3, 0.4) is 0 Å². The van der Waals surface area contributed by atoms with Gasteiger partial charge in [0.2, 0.25) is 0 Å². The predicted octanol–water partition coefficient (Wildman–Crippen LogP) is 1.81. The maximum Gasteiger partial charge on any atom is 0.311 e. The van der Waals surface area contributed by atoms with Crippen molar-refractivity contribution in [3.05, 3.63) is 33.6 Å². The Hall–Kier alpha value is -2.16. The number of hydrogen-bond acceptors (Lipinski definition) is 4. The van der Waals surface area contributed by atoms with Crippen molar-refractivity contribution < 1.29 is 14.1 Å². The first kappa shape index (κ1) is 10.9. The number of nitro benzene ring substituents is 1. The molecule has 1 rings (SSSR count). The monoisotopic (exact) mass is 210 g/mol. The normalized spacial score (nSPS) is 9.40. The molecule has 78 valence electrons. The van der Waals surface area contributed by atoms with E-state index in [1.54, 1.807) is 6.07 Å². The standard InChI is InChI=1S/C9H7FN2O3/c1-15-9-5-7(10)6(2-3-11)4-8(9)12(13)14/h4-5H,2H2,1H3. The van der Waals surface area contributed by atoms with Crippen LogP contribution in [0.15, 0.2) is 12.1 Å². The van der Waals surface area contributed by atoms with Crippen LogP contribution in [0.25, 0.3) is 0 Å². The number of halogens is 1. The van der Waals surface area contributed by atoms with Crippen LogP contribution < -0.4 is 4.74 Å². The number of nitriles is 1. The highest BCUT2D eigenvalue weighted by Gasteiger charge is 2.18. The maximum absolute atomic E-state index is 13.2. The van der Waals surface area contributed by atoms with E-state index >= 15 is 0 Å². The molecule has 0 N–H and O–H groups in total. The first-order valence-electron chi connectivity index (χ1n) is 3.98. The molecule has 0 aromatic heterocycles. The smallest absolute Gasteiger partial charge is 0.311 e. The fourth-order valence-corrected chi connectivity index (χ4v) is 1.11. The third-order valence-corrected chi connectivity index (χ3v) is 1.81. The molecule has 15 heavy (non-hydrogen) atoms. The van der Waals surface area contributed by atoms with Gasteiger partial charge < -0.3 is 4.74 Å². The Bertz CT molecular complexity index is 440. The summed E-state index contributed by atoms with van der Waals surface area (Å²) in [5.74, 6) is -0.835. The van der Waals surface area contributed by atoms with E-state index in [-0.39, 0.29) is 23.4 Å². The third-order valence-electron chi connectivity index (χ3n) is 1.81. The van der Waals surface area contributed by atoms with Crippen LogP contribution >= 0.6 is 0 Å². The van der Waals surface area contributed by atoms with Crippen LogP contribution in [0.1, 0.15) is 5.56 Å². The van der Waals surface area contributed by atoms with Crippen LogP contribution in [0.2, 0.25) is 0 Å². The second-order valence-electron chi connectivity index (χ2n) is 2.71. The summed E-state index contributed by atoms with van der Waals surface area (Å²) in [7, 11) is 1.21. The van der Waals surface area contributed by atoms with Crippen LogP contribution in [-0.2, 0) is 6.42 Å². The van der Waals surface area contributed by atoms with Gasteiger partial charge in [0, 0.05) is 17.7 Å². The van der Waals surface area contributed by atoms with E-state index in [2.05, 4.69) is 4.74 Å². The quantitative estimate of drug-likeness (QED) is 0.563. The van der Waals surface area contributed by atoms with Gasteiger partial charge in [0.15, 0.2) is 5.75 Å². The Morgan fingerprint density at radius 3 is 2.80 bits per heavy atom. The summed E-state index contributed by atoms with van der Waals surface area (Å²) in [5.41, 5.74) is -0.353. The highest BCUT2D eigenvalue weighted by molar-refractivity contribution is 5.49. The number of ether oxygens (including phenoxy) is 1. The molecular formula is C9H7FN2O3. The second-order valence-corrected chi connectivity index (χ2v) is 2.71. The number of benzene rings is 1. The van der Waals surface area contributed by atoms with Gasteiger partial charge >= 0.3 is 5.69 Å². The summed E-state index contributed by atoms with van der Waals surface area (Å²) in [5, 5.41) is 19.0. The van der Waals surface area contributed by atoms with Crippen LogP contribution in [-0.4, -0.2) is 12.0 Å². The van der Waals surface area contributed by atoms with Crippen LogP contribution in [0.4, 0.5) is 10.1 Å². The van der Waals surface area contributed by atoms with Gasteiger partial charge in [0.1, 0.15) is 5.82 Å². The highest BCUT2D eigenvalue weighted by atomic mass is 19.1. The molecule has 1 aromatic carbocycles. The van der Waals surface area contributed by atoms with Crippen molar-refractivity contribution in [2.45, 2.75) is 6.42 Å². The van der Waals surface area contributed by atoms with E-state index in [1.807, 2.05) is 0 Å². The van der Waals surface area contributed by atoms with Crippen molar-refractivity contribution in [2.75, 3.05) is 7.11 Å². The Morgan fingerprint density at radius 2 is 2.33 bits per heavy atom. The highest BCUT2D eigenvalue weighted by Crippen LogP contribution is 2.29. The molecular weight excluding hydrogens is 203 g/mol. The molecule has 0 aliphatic rings. The molecule has 0 unspecified atom stereocenters. The molecule has 0 saturated carbocycles. The topological polar surface area (TPSA) is 76.2 Å². The number of methoxy groups -OCH3 is 1. The van der Waals surface area contributed by atoms with E-state index in [9.17, 15) is 14.5 Å². The first-order chi connectivity index (χ1) is 7.10. The summed E-state index contributed by atoms with van der Waals surface area (Å²) in [6.07, 6.45) is -0.212. The summed E-state index contributed by atoms with van der Waals surface area (Å²) in [6.45, 7) is 0. The van der Waals surface area contributed by atoms with Crippen LogP contribution in [0.5, 0.6) is 5.75 Å². The lowest BCUT2D eigenvalue weighted by molar-refractivity contribution is -0.385. The SMILES string of the molecule is COc1cc(F)c(CC#N)cc1[N+](=O)[O-]. The van der Waals surface area contributed by atoms with Crippen molar-refractivity contribution in [1.29, 1.82) is 5.26 Å². The number of nitro groups is 1. The average molecular weight is 210 g/mol. The van der Waals surface area contributed by atoms with Gasteiger partial charge in [0.25, 0.3) is 0 Å². The summed E-state index contributed by atoms with van der Waals surface area (Å²) >= 11 is 0. The second kappa shape index (κ2) is 4.37. The van der Waals surface area contributed by atoms with Crippen LogP contribution in [0, 0.1) is 27.3 Å². The van der Waals surface area contributed by atoms with Crippen molar-refractivity contribution >= 4 is 5.69 Å². The zero-order chi connectivity index (χ0) is 11.4. The molecule has 5 nitrogen and oxygen atoms in total. The Kier molecular flexibility index (Phi) is 3.18. The fraction of sp³-hybridized carbons (Fsp3) is 0.222. The number of hydrogen-bond donors (Lipinski definition) is 0. The Morgan fingerprint density at radius 1 is 1.67 bits per heavy atom. The number of nitrogens with zero attached hydrogens (tertiary/aromatic N) is 2. The van der Waals surface area contributed by atoms with E-state index < -0.39 is 10.7 Å². The third kappa shape index (κ3) is 2.20. The lowest BCUT2D eigenvalue weighted by atomic mass is 10.1. The van der Waals surface area contributed by atoms with Gasteiger partial charge in [0.05, 0.1) is 24.5 Å². The predicted molar refractivity (Wildman–Crippen MR) is 48.9 cm³/mol. The van der Waals surface area contributed by atoms with Gasteiger partial charge in [-0.1, -0.05) is 0 Å². The Labute approximate surface area is 84.9 Å². The lowest BCUT2D eigenvalue weighted by Gasteiger charge is -2.03. The summed E-state index contributed by atoms with van der Waals surface area (Å²) < 4.78 is 17.9. The zero-order valence-electron chi connectivity index (χ0n) is 7.86.